The Morgan fingerprint density at radius 3 is 2.55 bits per heavy atom. The fourth-order valence-corrected chi connectivity index (χ4v) is 3.26. The minimum atomic E-state index is -3.77. The first-order chi connectivity index (χ1) is 9.32. The molecule has 0 atom stereocenters. The first-order valence-corrected chi connectivity index (χ1v) is 8.26. The first kappa shape index (κ1) is 15.4. The summed E-state index contributed by atoms with van der Waals surface area (Å²) >= 11 is 0. The van der Waals surface area contributed by atoms with E-state index in [4.69, 9.17) is 0 Å². The fraction of sp³-hybridized carbons (Fsp3) is 0.571. The van der Waals surface area contributed by atoms with Gasteiger partial charge in [-0.25, -0.2) is 12.8 Å². The first-order valence-electron chi connectivity index (χ1n) is 6.82. The van der Waals surface area contributed by atoms with Crippen LogP contribution in [-0.2, 0) is 16.6 Å². The lowest BCUT2D eigenvalue weighted by Gasteiger charge is -2.21. The van der Waals surface area contributed by atoms with E-state index >= 15 is 0 Å². The maximum atomic E-state index is 14.1. The Kier molecular flexibility index (Phi) is 4.46. The van der Waals surface area contributed by atoms with Gasteiger partial charge < -0.3 is 5.32 Å². The SMILES string of the molecule is CC(C)N(C)S(=O)(=O)c1ccc(CNC2CC2)cc1F. The van der Waals surface area contributed by atoms with Crippen molar-refractivity contribution in [2.24, 2.45) is 0 Å². The van der Waals surface area contributed by atoms with Gasteiger partial charge in [-0.3, -0.25) is 0 Å². The van der Waals surface area contributed by atoms with Gasteiger partial charge >= 0.3 is 0 Å². The summed E-state index contributed by atoms with van der Waals surface area (Å²) in [5.74, 6) is -0.687. The van der Waals surface area contributed by atoms with E-state index in [9.17, 15) is 12.8 Å². The maximum absolute atomic E-state index is 14.1. The molecule has 0 aliphatic heterocycles. The molecule has 0 saturated heterocycles. The minimum absolute atomic E-state index is 0.212. The second kappa shape index (κ2) is 5.79. The van der Waals surface area contributed by atoms with Crippen molar-refractivity contribution in [3.05, 3.63) is 29.6 Å². The molecule has 20 heavy (non-hydrogen) atoms. The second-order valence-corrected chi connectivity index (χ2v) is 7.50. The Balaban J connectivity index is 2.19. The summed E-state index contributed by atoms with van der Waals surface area (Å²) < 4.78 is 39.8. The zero-order valence-electron chi connectivity index (χ0n) is 12.1. The van der Waals surface area contributed by atoms with Crippen LogP contribution in [0.5, 0.6) is 0 Å². The summed E-state index contributed by atoms with van der Waals surface area (Å²) in [6, 6.07) is 4.65. The van der Waals surface area contributed by atoms with Gasteiger partial charge in [-0.1, -0.05) is 6.07 Å². The van der Waals surface area contributed by atoms with Crippen LogP contribution in [-0.4, -0.2) is 31.9 Å². The van der Waals surface area contributed by atoms with Gasteiger partial charge in [0.15, 0.2) is 0 Å². The van der Waals surface area contributed by atoms with Crippen molar-refractivity contribution in [3.63, 3.8) is 0 Å². The molecule has 6 heteroatoms. The third kappa shape index (κ3) is 3.37. The lowest BCUT2D eigenvalue weighted by atomic mass is 10.2. The Bertz CT molecular complexity index is 583. The van der Waals surface area contributed by atoms with E-state index in [0.717, 1.165) is 18.4 Å². The molecule has 0 amide bonds. The summed E-state index contributed by atoms with van der Waals surface area (Å²) in [7, 11) is -2.31. The highest BCUT2D eigenvalue weighted by atomic mass is 32.2. The van der Waals surface area contributed by atoms with Crippen LogP contribution >= 0.6 is 0 Å². The normalized spacial score (nSPS) is 16.1. The highest BCUT2D eigenvalue weighted by Crippen LogP contribution is 2.22. The summed E-state index contributed by atoms with van der Waals surface area (Å²) in [6.07, 6.45) is 2.32. The van der Waals surface area contributed by atoms with E-state index in [-0.39, 0.29) is 10.9 Å². The molecule has 1 aromatic carbocycles. The van der Waals surface area contributed by atoms with Crippen LogP contribution in [0.2, 0.25) is 0 Å². The number of nitrogens with one attached hydrogen (secondary N) is 1. The molecule has 1 N–H and O–H groups in total. The fourth-order valence-electron chi connectivity index (χ4n) is 1.85. The Labute approximate surface area is 120 Å². The van der Waals surface area contributed by atoms with E-state index in [2.05, 4.69) is 5.32 Å². The molecule has 0 aromatic heterocycles. The van der Waals surface area contributed by atoms with Crippen molar-refractivity contribution < 1.29 is 12.8 Å². The molecule has 0 radical (unpaired) electrons. The third-order valence-corrected chi connectivity index (χ3v) is 5.62. The van der Waals surface area contributed by atoms with Crippen LogP contribution < -0.4 is 5.32 Å². The summed E-state index contributed by atoms with van der Waals surface area (Å²) in [6.45, 7) is 4.08. The highest BCUT2D eigenvalue weighted by Gasteiger charge is 2.26. The number of rotatable bonds is 6. The number of nitrogens with zero attached hydrogens (tertiary/aromatic N) is 1. The van der Waals surface area contributed by atoms with E-state index in [1.54, 1.807) is 19.9 Å². The molecule has 2 rings (SSSR count). The van der Waals surface area contributed by atoms with Gasteiger partial charge in [0.25, 0.3) is 0 Å². The van der Waals surface area contributed by atoms with Crippen LogP contribution in [0.4, 0.5) is 4.39 Å². The van der Waals surface area contributed by atoms with Gasteiger partial charge in [-0.05, 0) is 44.4 Å². The van der Waals surface area contributed by atoms with Crippen molar-refractivity contribution >= 4 is 10.0 Å². The van der Waals surface area contributed by atoms with Crippen LogP contribution in [0.3, 0.4) is 0 Å². The standard InChI is InChI=1S/C14H21FN2O2S/c1-10(2)17(3)20(18,19)14-7-4-11(8-13(14)15)9-16-12-5-6-12/h4,7-8,10,12,16H,5-6,9H2,1-3H3. The molecule has 1 saturated carbocycles. The van der Waals surface area contributed by atoms with Crippen LogP contribution in [0.1, 0.15) is 32.3 Å². The van der Waals surface area contributed by atoms with Gasteiger partial charge in [0, 0.05) is 25.7 Å². The highest BCUT2D eigenvalue weighted by molar-refractivity contribution is 7.89. The molecule has 1 aliphatic rings. The van der Waals surface area contributed by atoms with E-state index < -0.39 is 15.8 Å². The Hall–Kier alpha value is -0.980. The lowest BCUT2D eigenvalue weighted by molar-refractivity contribution is 0.407. The molecule has 0 unspecified atom stereocenters. The van der Waals surface area contributed by atoms with Crippen molar-refractivity contribution in [2.45, 2.75) is 50.2 Å². The number of benzene rings is 1. The van der Waals surface area contributed by atoms with E-state index in [1.807, 2.05) is 0 Å². The van der Waals surface area contributed by atoms with E-state index in [1.165, 1.54) is 23.5 Å². The smallest absolute Gasteiger partial charge is 0.245 e. The van der Waals surface area contributed by atoms with Gasteiger partial charge in [-0.15, -0.1) is 0 Å². The predicted molar refractivity (Wildman–Crippen MR) is 76.3 cm³/mol. The van der Waals surface area contributed by atoms with Gasteiger partial charge in [0.1, 0.15) is 10.7 Å². The van der Waals surface area contributed by atoms with Crippen LogP contribution in [0.15, 0.2) is 23.1 Å². The lowest BCUT2D eigenvalue weighted by Crippen LogP contribution is -2.33. The largest absolute Gasteiger partial charge is 0.310 e. The Morgan fingerprint density at radius 2 is 2.05 bits per heavy atom. The Morgan fingerprint density at radius 1 is 1.40 bits per heavy atom. The van der Waals surface area contributed by atoms with Crippen LogP contribution in [0, 0.1) is 5.82 Å². The van der Waals surface area contributed by atoms with Crippen molar-refractivity contribution in [2.75, 3.05) is 7.05 Å². The number of sulfonamides is 1. The molecule has 0 bridgehead atoms. The van der Waals surface area contributed by atoms with Crippen molar-refractivity contribution in [1.82, 2.24) is 9.62 Å². The summed E-state index contributed by atoms with van der Waals surface area (Å²) in [5.41, 5.74) is 0.764. The molecule has 1 aliphatic carbocycles. The van der Waals surface area contributed by atoms with Gasteiger partial charge in [0.2, 0.25) is 10.0 Å². The third-order valence-electron chi connectivity index (χ3n) is 3.55. The number of halogens is 1. The van der Waals surface area contributed by atoms with Gasteiger partial charge in [0.05, 0.1) is 0 Å². The second-order valence-electron chi connectivity index (χ2n) is 5.53. The molecule has 0 heterocycles. The average Bonchev–Trinajstić information content (AvgIpc) is 3.19. The molecular formula is C14H21FN2O2S. The minimum Gasteiger partial charge on any atom is -0.310 e. The van der Waals surface area contributed by atoms with Crippen molar-refractivity contribution in [1.29, 1.82) is 0 Å². The number of hydrogen-bond donors (Lipinski definition) is 1. The summed E-state index contributed by atoms with van der Waals surface area (Å²) in [5, 5.41) is 3.27. The zero-order valence-corrected chi connectivity index (χ0v) is 12.9. The average molecular weight is 300 g/mol. The zero-order chi connectivity index (χ0) is 14.9. The predicted octanol–water partition coefficient (Wildman–Crippen LogP) is 2.11. The van der Waals surface area contributed by atoms with Crippen molar-refractivity contribution in [3.8, 4) is 0 Å². The monoisotopic (exact) mass is 300 g/mol. The molecule has 0 spiro atoms. The molecule has 112 valence electrons. The quantitative estimate of drug-likeness (QED) is 0.875. The number of hydrogen-bond acceptors (Lipinski definition) is 3. The van der Waals surface area contributed by atoms with Gasteiger partial charge in [-0.2, -0.15) is 4.31 Å². The molecule has 1 fully saturated rings. The van der Waals surface area contributed by atoms with Crippen LogP contribution in [0.25, 0.3) is 0 Å². The maximum Gasteiger partial charge on any atom is 0.245 e. The van der Waals surface area contributed by atoms with E-state index in [0.29, 0.717) is 12.6 Å². The molecule has 4 nitrogen and oxygen atoms in total. The molecule has 1 aromatic rings. The molecular weight excluding hydrogens is 279 g/mol. The summed E-state index contributed by atoms with van der Waals surface area (Å²) in [4.78, 5) is -0.260. The topological polar surface area (TPSA) is 49.4 Å².